The Morgan fingerprint density at radius 3 is 1.26 bits per heavy atom. The van der Waals surface area contributed by atoms with E-state index >= 15 is 0 Å². The molecule has 0 radical (unpaired) electrons. The van der Waals surface area contributed by atoms with Crippen molar-refractivity contribution >= 4 is 0 Å². The molecule has 23 heavy (non-hydrogen) atoms. The van der Waals surface area contributed by atoms with Gasteiger partial charge in [0.2, 0.25) is 0 Å². The van der Waals surface area contributed by atoms with Crippen LogP contribution in [0, 0.1) is 11.8 Å². The zero-order valence-electron chi connectivity index (χ0n) is 15.1. The van der Waals surface area contributed by atoms with E-state index in [0.29, 0.717) is 11.8 Å². The fraction of sp³-hybridized carbons (Fsp3) is 1.00. The van der Waals surface area contributed by atoms with Gasteiger partial charge in [-0.2, -0.15) is 32.8 Å². The lowest BCUT2D eigenvalue weighted by Crippen LogP contribution is -2.75. The highest BCUT2D eigenvalue weighted by molar-refractivity contribution is 5.00. The molecule has 6 nitrogen and oxygen atoms in total. The van der Waals surface area contributed by atoms with Gasteiger partial charge in [0, 0.05) is 37.5 Å². The van der Waals surface area contributed by atoms with E-state index < -0.39 is 0 Å². The van der Waals surface area contributed by atoms with Crippen molar-refractivity contribution in [1.82, 2.24) is 0 Å². The second-order valence-electron chi connectivity index (χ2n) is 9.11. The van der Waals surface area contributed by atoms with Crippen molar-refractivity contribution in [2.24, 2.45) is 35.2 Å². The first-order valence-corrected chi connectivity index (χ1v) is 9.50. The molecule has 8 N–H and O–H groups in total. The van der Waals surface area contributed by atoms with Gasteiger partial charge in [-0.25, -0.2) is 0 Å². The minimum atomic E-state index is 0.0258. The highest BCUT2D eigenvalue weighted by atomic mass is 15.8. The fourth-order valence-electron chi connectivity index (χ4n) is 6.59. The fourth-order valence-corrected chi connectivity index (χ4v) is 6.59. The Hall–Kier alpha value is -0.240. The van der Waals surface area contributed by atoms with Crippen molar-refractivity contribution in [1.29, 1.82) is 0 Å². The van der Waals surface area contributed by atoms with E-state index in [1.807, 2.05) is 14.1 Å². The van der Waals surface area contributed by atoms with Crippen LogP contribution in [0.5, 0.6) is 0 Å². The molecule has 0 aliphatic heterocycles. The second-order valence-corrected chi connectivity index (χ2v) is 9.11. The van der Waals surface area contributed by atoms with Gasteiger partial charge >= 0.3 is 0 Å². The Bertz CT molecular complexity index is 387. The monoisotopic (exact) mass is 326 g/mol. The lowest BCUT2D eigenvalue weighted by molar-refractivity contribution is -0.992. The van der Waals surface area contributed by atoms with Gasteiger partial charge in [-0.15, -0.1) is 0 Å². The number of quaternary nitrogens is 2. The molecule has 4 aliphatic carbocycles. The predicted octanol–water partition coefficient (Wildman–Crippen LogP) is 1.42. The molecule has 4 bridgehead atoms. The van der Waals surface area contributed by atoms with Crippen molar-refractivity contribution in [3.63, 3.8) is 0 Å². The molecule has 0 aromatic rings. The third-order valence-electron chi connectivity index (χ3n) is 7.85. The van der Waals surface area contributed by atoms with Crippen LogP contribution in [0.1, 0.15) is 70.6 Å². The van der Waals surface area contributed by atoms with Gasteiger partial charge in [0.05, 0.1) is 0 Å². The molecular weight excluding hydrogens is 288 g/mol. The summed E-state index contributed by atoms with van der Waals surface area (Å²) in [5.74, 6) is 27.4. The normalized spacial score (nSPS) is 42.5. The van der Waals surface area contributed by atoms with Gasteiger partial charge in [-0.05, 0) is 38.5 Å². The molecule has 2 atom stereocenters. The maximum atomic E-state index is 6.54. The van der Waals surface area contributed by atoms with Gasteiger partial charge in [0.1, 0.15) is 25.2 Å². The number of fused-ring (bicyclic) bond motifs is 4. The molecule has 0 aromatic carbocycles. The molecule has 4 saturated carbocycles. The van der Waals surface area contributed by atoms with Crippen molar-refractivity contribution in [2.45, 2.75) is 81.7 Å². The Labute approximate surface area is 141 Å². The van der Waals surface area contributed by atoms with Gasteiger partial charge in [-0.3, -0.25) is 0 Å². The largest absolute Gasteiger partial charge is 0.173 e. The maximum absolute atomic E-state index is 6.54. The van der Waals surface area contributed by atoms with E-state index in [4.69, 9.17) is 23.4 Å². The van der Waals surface area contributed by atoms with Gasteiger partial charge in [-0.1, -0.05) is 6.42 Å². The molecule has 0 aromatic heterocycles. The van der Waals surface area contributed by atoms with Gasteiger partial charge < -0.3 is 0 Å². The van der Waals surface area contributed by atoms with E-state index in [1.54, 1.807) is 0 Å². The van der Waals surface area contributed by atoms with E-state index in [1.165, 1.54) is 32.1 Å². The van der Waals surface area contributed by atoms with Crippen LogP contribution in [0.3, 0.4) is 0 Å². The summed E-state index contributed by atoms with van der Waals surface area (Å²) in [5, 5.41) is 0. The number of nitrogens with zero attached hydrogens (tertiary/aromatic N) is 2. The number of hydrogen-bond donors (Lipinski definition) is 4. The van der Waals surface area contributed by atoms with Gasteiger partial charge in [0.15, 0.2) is 0 Å². The van der Waals surface area contributed by atoms with Crippen LogP contribution in [-0.4, -0.2) is 34.6 Å². The second kappa shape index (κ2) is 5.64. The maximum Gasteiger partial charge on any atom is 0.137 e. The molecule has 134 valence electrons. The van der Waals surface area contributed by atoms with Crippen molar-refractivity contribution in [2.75, 3.05) is 14.1 Å². The van der Waals surface area contributed by atoms with Crippen LogP contribution >= 0.6 is 0 Å². The van der Waals surface area contributed by atoms with Crippen LogP contribution in [0.2, 0.25) is 0 Å². The summed E-state index contributed by atoms with van der Waals surface area (Å²) in [5.41, 5.74) is 0.0516. The summed E-state index contributed by atoms with van der Waals surface area (Å²) < 4.78 is 0.263. The van der Waals surface area contributed by atoms with Crippen LogP contribution < -0.4 is 23.4 Å². The Morgan fingerprint density at radius 2 is 0.957 bits per heavy atom. The smallest absolute Gasteiger partial charge is 0.137 e. The molecule has 6 heteroatoms. The van der Waals surface area contributed by atoms with Crippen LogP contribution in [0.25, 0.3) is 0 Å². The van der Waals surface area contributed by atoms with E-state index in [-0.39, 0.29) is 20.5 Å². The van der Waals surface area contributed by atoms with E-state index in [0.717, 1.165) is 38.5 Å². The van der Waals surface area contributed by atoms with E-state index in [9.17, 15) is 0 Å². The van der Waals surface area contributed by atoms with Crippen LogP contribution in [-0.2, 0) is 0 Å². The first-order valence-electron chi connectivity index (χ1n) is 9.50. The molecule has 4 aliphatic rings. The Morgan fingerprint density at radius 1 is 0.609 bits per heavy atom. The molecule has 4 fully saturated rings. The zero-order chi connectivity index (χ0) is 16.9. The third kappa shape index (κ3) is 2.64. The molecule has 0 heterocycles. The zero-order valence-corrected chi connectivity index (χ0v) is 15.1. The average Bonchev–Trinajstić information content (AvgIpc) is 2.57. The predicted molar refractivity (Wildman–Crippen MR) is 92.3 cm³/mol. The quantitative estimate of drug-likeness (QED) is 0.350. The molecule has 0 spiro atoms. The first-order chi connectivity index (χ1) is 10.6. The van der Waals surface area contributed by atoms with Gasteiger partial charge in [0.25, 0.3) is 0 Å². The van der Waals surface area contributed by atoms with Crippen LogP contribution in [0.15, 0.2) is 0 Å². The van der Waals surface area contributed by atoms with Crippen LogP contribution in [0.4, 0.5) is 0 Å². The third-order valence-corrected chi connectivity index (χ3v) is 7.85. The topological polar surface area (TPSA) is 104 Å². The standard InChI is InChI=1S/C17H38N6/c1-22(18,19)16-10-4-12-17(13-5-11-16,23(2,20)21)15-7-3-6-14(16)8-9-15/h14-15H,3-13,18-21H2,1-2H3/q+2. The summed E-state index contributed by atoms with van der Waals surface area (Å²) in [6.07, 6.45) is 12.9. The molecular formula is C17H38N6+2. The molecule has 0 saturated heterocycles. The molecule has 4 rings (SSSR count). The van der Waals surface area contributed by atoms with E-state index in [2.05, 4.69) is 0 Å². The summed E-state index contributed by atoms with van der Waals surface area (Å²) in [6.45, 7) is 0. The minimum Gasteiger partial charge on any atom is -0.173 e. The van der Waals surface area contributed by atoms with Crippen molar-refractivity contribution in [3.05, 3.63) is 0 Å². The average molecular weight is 327 g/mol. The lowest BCUT2D eigenvalue weighted by Gasteiger charge is -2.52. The molecule has 0 amide bonds. The van der Waals surface area contributed by atoms with Crippen molar-refractivity contribution in [3.8, 4) is 0 Å². The first kappa shape index (κ1) is 17.6. The molecule has 2 unspecified atom stereocenters. The Kier molecular flexibility index (Phi) is 4.31. The number of rotatable bonds is 2. The SMILES string of the molecule is C[N+](N)(N)C12CCCC([N+](C)(N)N)(CCC1)C1CCCC2CC1. The Balaban J connectivity index is 2.08. The number of hydrogen-bond acceptors (Lipinski definition) is 4. The highest BCUT2D eigenvalue weighted by Crippen LogP contribution is 2.53. The lowest BCUT2D eigenvalue weighted by atomic mass is 9.66. The minimum absolute atomic E-state index is 0.0258. The number of nitrogens with two attached hydrogens (primary N) is 4. The summed E-state index contributed by atoms with van der Waals surface area (Å²) in [4.78, 5) is 0. The summed E-state index contributed by atoms with van der Waals surface area (Å²) in [6, 6.07) is 0. The summed E-state index contributed by atoms with van der Waals surface area (Å²) in [7, 11) is 4.00. The van der Waals surface area contributed by atoms with Crippen molar-refractivity contribution < 1.29 is 9.40 Å². The highest BCUT2D eigenvalue weighted by Gasteiger charge is 2.59. The summed E-state index contributed by atoms with van der Waals surface area (Å²) >= 11 is 0.